The molecule has 6 nitrogen and oxygen atoms in total. The molecule has 1 N–H and O–H groups in total. The minimum atomic E-state index is -5.71. The minimum Gasteiger partial charge on any atom is -0.321 e. The maximum absolute atomic E-state index is 13.5. The summed E-state index contributed by atoms with van der Waals surface area (Å²) in [6.07, 6.45) is 1.90. The topological polar surface area (TPSA) is 89.9 Å². The van der Waals surface area contributed by atoms with Crippen LogP contribution in [0.3, 0.4) is 0 Å². The second-order valence-corrected chi connectivity index (χ2v) is 10.6. The van der Waals surface area contributed by atoms with E-state index in [1.807, 2.05) is 6.92 Å². The van der Waals surface area contributed by atoms with Crippen molar-refractivity contribution in [2.75, 3.05) is 12.5 Å². The molecule has 128 valence electrons. The van der Waals surface area contributed by atoms with Crippen molar-refractivity contribution in [3.8, 4) is 0 Å². The molecule has 6 unspecified atom stereocenters. The van der Waals surface area contributed by atoms with Gasteiger partial charge in [0, 0.05) is 0 Å². The van der Waals surface area contributed by atoms with Crippen LogP contribution in [0.25, 0.3) is 0 Å². The van der Waals surface area contributed by atoms with Crippen LogP contribution in [0.4, 0.5) is 12.6 Å². The van der Waals surface area contributed by atoms with Gasteiger partial charge >= 0.3 is 23.3 Å². The van der Waals surface area contributed by atoms with Crippen LogP contribution in [-0.4, -0.2) is 25.2 Å². The van der Waals surface area contributed by atoms with Crippen molar-refractivity contribution < 1.29 is 40.0 Å². The normalized spacial score (nSPS) is 33.8. The van der Waals surface area contributed by atoms with Gasteiger partial charge in [0.2, 0.25) is 0 Å². The van der Waals surface area contributed by atoms with E-state index >= 15 is 0 Å². The Labute approximate surface area is 128 Å². The fraction of sp³-hybridized carbons (Fsp3) is 1.00. The Balaban J connectivity index is 2.59. The van der Waals surface area contributed by atoms with Gasteiger partial charge < -0.3 is 4.89 Å². The number of halogens is 3. The predicted octanol–water partition coefficient (Wildman–Crippen LogP) is 4.77. The summed E-state index contributed by atoms with van der Waals surface area (Å²) < 4.78 is 79.7. The molecule has 0 bridgehead atoms. The molecule has 0 aromatic heterocycles. The summed E-state index contributed by atoms with van der Waals surface area (Å²) >= 11 is 0. The maximum atomic E-state index is 13.5. The van der Waals surface area contributed by atoms with Gasteiger partial charge in [0.1, 0.15) is 0 Å². The van der Waals surface area contributed by atoms with Gasteiger partial charge in [-0.3, -0.25) is 13.7 Å². The fourth-order valence-electron chi connectivity index (χ4n) is 2.55. The molecular weight excluding hydrogens is 365 g/mol. The quantitative estimate of drug-likeness (QED) is 0.481. The van der Waals surface area contributed by atoms with E-state index in [4.69, 9.17) is 12.7 Å². The molecule has 1 rings (SSSR count). The third kappa shape index (κ3) is 7.33. The zero-order chi connectivity index (χ0) is 17.2. The second-order valence-electron chi connectivity index (χ2n) is 5.32. The van der Waals surface area contributed by atoms with E-state index in [2.05, 4.69) is 8.83 Å². The minimum absolute atomic E-state index is 0.107. The zero-order valence-electron chi connectivity index (χ0n) is 11.8. The monoisotopic (exact) mass is 382 g/mol. The summed E-state index contributed by atoms with van der Waals surface area (Å²) in [4.78, 5) is 8.28. The van der Waals surface area contributed by atoms with Crippen LogP contribution < -0.4 is 0 Å². The third-order valence-corrected chi connectivity index (χ3v) is 8.37. The Morgan fingerprint density at radius 3 is 2.23 bits per heavy atom. The van der Waals surface area contributed by atoms with Gasteiger partial charge in [-0.25, -0.2) is 4.57 Å². The molecule has 0 amide bonds. The molecule has 0 aromatic rings. The summed E-state index contributed by atoms with van der Waals surface area (Å²) in [5.41, 5.74) is 0. The van der Waals surface area contributed by atoms with E-state index in [1.165, 1.54) is 0 Å². The van der Waals surface area contributed by atoms with Gasteiger partial charge in [-0.15, -0.1) is 4.20 Å². The standard InChI is InChI=1S/C9H17BF3O6P3/c1-2-7-3-9(10)4-8(7)5-18-22(13,17)19-21(12,16)6-20(11,14)15/h7-9H,2-6H2,1H3,(H,14,15). The SMILES string of the molecule is [B]C1CC(CC)C(COP(=O)(F)OP(=O)(F)CP(=O)(O)F)C1. The van der Waals surface area contributed by atoms with E-state index in [0.717, 1.165) is 6.42 Å². The van der Waals surface area contributed by atoms with E-state index in [9.17, 15) is 26.3 Å². The van der Waals surface area contributed by atoms with Crippen LogP contribution in [0.2, 0.25) is 5.82 Å². The first-order valence-corrected chi connectivity index (χ1v) is 11.4. The highest BCUT2D eigenvalue weighted by atomic mass is 31.3. The lowest BCUT2D eigenvalue weighted by Crippen LogP contribution is -2.13. The predicted molar refractivity (Wildman–Crippen MR) is 76.3 cm³/mol. The average Bonchev–Trinajstić information content (AvgIpc) is 2.62. The van der Waals surface area contributed by atoms with Crippen LogP contribution >= 0.6 is 23.3 Å². The molecule has 22 heavy (non-hydrogen) atoms. The van der Waals surface area contributed by atoms with Crippen molar-refractivity contribution in [3.63, 3.8) is 0 Å². The molecule has 1 fully saturated rings. The van der Waals surface area contributed by atoms with Gasteiger partial charge in [-0.05, 0) is 11.8 Å². The summed E-state index contributed by atoms with van der Waals surface area (Å²) in [6, 6.07) is 0. The highest BCUT2D eigenvalue weighted by Gasteiger charge is 2.43. The smallest absolute Gasteiger partial charge is 0.321 e. The summed E-state index contributed by atoms with van der Waals surface area (Å²) in [5, 5.41) is 0. The van der Waals surface area contributed by atoms with E-state index in [0.29, 0.717) is 12.8 Å². The Morgan fingerprint density at radius 1 is 1.18 bits per heavy atom. The molecule has 2 radical (unpaired) electrons. The van der Waals surface area contributed by atoms with Crippen molar-refractivity contribution in [2.24, 2.45) is 11.8 Å². The van der Waals surface area contributed by atoms with Crippen molar-refractivity contribution in [3.05, 3.63) is 0 Å². The average molecular weight is 382 g/mol. The molecule has 1 saturated carbocycles. The Bertz CT molecular complexity index is 529. The van der Waals surface area contributed by atoms with Gasteiger partial charge in [0.15, 0.2) is 5.90 Å². The van der Waals surface area contributed by atoms with Crippen LogP contribution in [0.5, 0.6) is 0 Å². The maximum Gasteiger partial charge on any atom is 0.520 e. The molecule has 0 heterocycles. The molecule has 0 spiro atoms. The van der Waals surface area contributed by atoms with Gasteiger partial charge in [-0.2, -0.15) is 12.7 Å². The van der Waals surface area contributed by atoms with Crippen molar-refractivity contribution in [2.45, 2.75) is 32.0 Å². The van der Waals surface area contributed by atoms with E-state index < -0.39 is 35.8 Å². The van der Waals surface area contributed by atoms with Crippen LogP contribution in [0.15, 0.2) is 0 Å². The van der Waals surface area contributed by atoms with Crippen LogP contribution in [0.1, 0.15) is 26.2 Å². The highest BCUT2D eigenvalue weighted by molar-refractivity contribution is 7.74. The third-order valence-electron chi connectivity index (χ3n) is 3.41. The first kappa shape index (κ1) is 20.5. The van der Waals surface area contributed by atoms with Gasteiger partial charge in [0.05, 0.1) is 14.5 Å². The lowest BCUT2D eigenvalue weighted by molar-refractivity contribution is 0.171. The summed E-state index contributed by atoms with van der Waals surface area (Å²) in [5.74, 6) is -2.31. The lowest BCUT2D eigenvalue weighted by atomic mass is 9.85. The van der Waals surface area contributed by atoms with Crippen molar-refractivity contribution >= 4 is 31.1 Å². The Hall–Kier alpha value is 0.425. The fourth-order valence-corrected chi connectivity index (χ4v) is 6.61. The molecule has 0 aromatic carbocycles. The zero-order valence-corrected chi connectivity index (χ0v) is 14.5. The van der Waals surface area contributed by atoms with E-state index in [-0.39, 0.29) is 17.7 Å². The molecule has 6 atom stereocenters. The van der Waals surface area contributed by atoms with Gasteiger partial charge in [-0.1, -0.05) is 32.0 Å². The molecule has 0 aliphatic heterocycles. The van der Waals surface area contributed by atoms with Crippen LogP contribution in [0, 0.1) is 11.8 Å². The number of rotatable bonds is 8. The summed E-state index contributed by atoms with van der Waals surface area (Å²) in [6.45, 7) is 1.49. The first-order valence-electron chi connectivity index (χ1n) is 6.55. The van der Waals surface area contributed by atoms with Gasteiger partial charge in [0.25, 0.3) is 0 Å². The number of hydrogen-bond donors (Lipinski definition) is 1. The molecule has 1 aliphatic rings. The molecular formula is C9H17BF3O6P3. The highest BCUT2D eigenvalue weighted by Crippen LogP contribution is 2.71. The summed E-state index contributed by atoms with van der Waals surface area (Å²) in [7, 11) is -11.1. The number of hydrogen-bond acceptors (Lipinski definition) is 5. The van der Waals surface area contributed by atoms with Crippen molar-refractivity contribution in [1.29, 1.82) is 0 Å². The Morgan fingerprint density at radius 2 is 1.73 bits per heavy atom. The molecule has 1 aliphatic carbocycles. The Kier molecular flexibility index (Phi) is 7.02. The van der Waals surface area contributed by atoms with Crippen molar-refractivity contribution in [1.82, 2.24) is 0 Å². The largest absolute Gasteiger partial charge is 0.520 e. The second kappa shape index (κ2) is 7.54. The molecule has 0 saturated heterocycles. The van der Waals surface area contributed by atoms with Crippen LogP contribution in [-0.2, 0) is 22.5 Å². The molecule has 13 heteroatoms. The van der Waals surface area contributed by atoms with E-state index in [1.54, 1.807) is 0 Å². The first-order chi connectivity index (χ1) is 9.84. The lowest BCUT2D eigenvalue weighted by Gasteiger charge is -2.19.